The summed E-state index contributed by atoms with van der Waals surface area (Å²) in [5.74, 6) is -2.01. The second-order valence-electron chi connectivity index (χ2n) is 12.3. The van der Waals surface area contributed by atoms with E-state index in [-0.39, 0.29) is 36.8 Å². The number of nitrogens with one attached hydrogen (secondary N) is 4. The number of hydrogen-bond donors (Lipinski definition) is 4. The highest BCUT2D eigenvalue weighted by Crippen LogP contribution is 2.44. The van der Waals surface area contributed by atoms with E-state index in [0.29, 0.717) is 18.7 Å². The number of fused-ring (bicyclic) bond motifs is 3. The Morgan fingerprint density at radius 3 is 2.04 bits per heavy atom. The molecule has 13 nitrogen and oxygen atoms in total. The second kappa shape index (κ2) is 18.2. The smallest absolute Gasteiger partial charge is 0.408 e. The molecule has 0 heterocycles. The number of methoxy groups -OCH3 is 2. The Morgan fingerprint density at radius 2 is 1.38 bits per heavy atom. The van der Waals surface area contributed by atoms with Crippen LogP contribution in [0.15, 0.2) is 97.1 Å². The summed E-state index contributed by atoms with van der Waals surface area (Å²) in [4.78, 5) is 63.2. The average molecular weight is 723 g/mol. The van der Waals surface area contributed by atoms with E-state index in [2.05, 4.69) is 21.3 Å². The third kappa shape index (κ3) is 9.91. The minimum Gasteiger partial charge on any atom is -0.467 e. The molecule has 0 unspecified atom stereocenters. The fourth-order valence-electron chi connectivity index (χ4n) is 6.00. The van der Waals surface area contributed by atoms with Gasteiger partial charge in [0.1, 0.15) is 25.3 Å². The van der Waals surface area contributed by atoms with Crippen LogP contribution in [0.25, 0.3) is 11.1 Å². The highest BCUT2D eigenvalue weighted by molar-refractivity contribution is 6.04. The van der Waals surface area contributed by atoms with E-state index in [4.69, 9.17) is 18.9 Å². The topological polar surface area (TPSA) is 170 Å². The van der Waals surface area contributed by atoms with Gasteiger partial charge in [-0.1, -0.05) is 78.9 Å². The molecular weight excluding hydrogens is 680 g/mol. The van der Waals surface area contributed by atoms with Gasteiger partial charge < -0.3 is 40.2 Å². The predicted octanol–water partition coefficient (Wildman–Crippen LogP) is 6.00. The molecule has 3 amide bonds. The Hall–Kier alpha value is -6.37. The van der Waals surface area contributed by atoms with E-state index in [0.717, 1.165) is 27.8 Å². The van der Waals surface area contributed by atoms with Crippen molar-refractivity contribution in [3.63, 3.8) is 0 Å². The van der Waals surface area contributed by atoms with Crippen molar-refractivity contribution in [1.82, 2.24) is 10.6 Å². The molecule has 1 aliphatic carbocycles. The summed E-state index contributed by atoms with van der Waals surface area (Å²) in [6.07, 6.45) is -0.826. The largest absolute Gasteiger partial charge is 0.467 e. The van der Waals surface area contributed by atoms with Crippen LogP contribution < -0.4 is 21.3 Å². The number of carbonyl (C=O) groups excluding carboxylic acids is 5. The van der Waals surface area contributed by atoms with Gasteiger partial charge in [-0.15, -0.1) is 0 Å². The molecule has 4 N–H and O–H groups in total. The number of benzene rings is 4. The van der Waals surface area contributed by atoms with Gasteiger partial charge in [-0.25, -0.2) is 19.2 Å². The molecule has 0 fully saturated rings. The van der Waals surface area contributed by atoms with E-state index in [1.165, 1.54) is 33.3 Å². The molecule has 5 rings (SSSR count). The van der Waals surface area contributed by atoms with Gasteiger partial charge in [0.15, 0.2) is 0 Å². The highest BCUT2D eigenvalue weighted by atomic mass is 16.6. The maximum Gasteiger partial charge on any atom is 0.408 e. The van der Waals surface area contributed by atoms with Gasteiger partial charge in [0.2, 0.25) is 5.91 Å². The summed E-state index contributed by atoms with van der Waals surface area (Å²) >= 11 is 0. The molecular formula is C40H42N4O9. The monoisotopic (exact) mass is 722 g/mol. The number of rotatable bonds is 15. The molecule has 13 heteroatoms. The van der Waals surface area contributed by atoms with Gasteiger partial charge >= 0.3 is 24.1 Å². The summed E-state index contributed by atoms with van der Waals surface area (Å²) < 4.78 is 20.6. The Bertz CT molecular complexity index is 1890. The number of ether oxygens (including phenoxy) is 4. The van der Waals surface area contributed by atoms with Crippen LogP contribution in [0, 0.1) is 0 Å². The van der Waals surface area contributed by atoms with Crippen LogP contribution in [-0.2, 0) is 35.1 Å². The van der Waals surface area contributed by atoms with Gasteiger partial charge in [-0.2, -0.15) is 0 Å². The molecule has 4 aromatic rings. The first-order valence-corrected chi connectivity index (χ1v) is 17.1. The molecule has 2 atom stereocenters. The van der Waals surface area contributed by atoms with Gasteiger partial charge in [0.25, 0.3) is 0 Å². The first kappa shape index (κ1) is 37.9. The van der Waals surface area contributed by atoms with Crippen LogP contribution in [0.1, 0.15) is 52.7 Å². The average Bonchev–Trinajstić information content (AvgIpc) is 3.50. The summed E-state index contributed by atoms with van der Waals surface area (Å²) in [6, 6.07) is 27.9. The van der Waals surface area contributed by atoms with Crippen molar-refractivity contribution in [2.75, 3.05) is 38.0 Å². The lowest BCUT2D eigenvalue weighted by molar-refractivity contribution is -0.143. The lowest BCUT2D eigenvalue weighted by atomic mass is 9.98. The van der Waals surface area contributed by atoms with Crippen LogP contribution in [0.3, 0.4) is 0 Å². The van der Waals surface area contributed by atoms with Crippen LogP contribution in [0.2, 0.25) is 0 Å². The SMILES string of the molecule is COC(=O)c1cc(NCCC[C@H](NC(=O)OCc2ccccc2)C(=O)OC)ccc1NC(=O)[C@H](C)NC(=O)OCC1c2ccccc2-c2ccccc21. The zero-order chi connectivity index (χ0) is 37.7. The zero-order valence-corrected chi connectivity index (χ0v) is 29.7. The number of carbonyl (C=O) groups is 5. The molecule has 53 heavy (non-hydrogen) atoms. The van der Waals surface area contributed by atoms with E-state index in [9.17, 15) is 24.0 Å². The minimum atomic E-state index is -0.999. The van der Waals surface area contributed by atoms with Crippen LogP contribution in [0.4, 0.5) is 21.0 Å². The van der Waals surface area contributed by atoms with Crippen LogP contribution >= 0.6 is 0 Å². The van der Waals surface area contributed by atoms with Gasteiger partial charge in [-0.05, 0) is 65.8 Å². The Labute approximate surface area is 307 Å². The summed E-state index contributed by atoms with van der Waals surface area (Å²) in [5.41, 5.74) is 5.94. The number of anilines is 2. The molecule has 1 aliphatic rings. The molecule has 276 valence electrons. The van der Waals surface area contributed by atoms with Crippen LogP contribution in [0.5, 0.6) is 0 Å². The fourth-order valence-corrected chi connectivity index (χ4v) is 6.00. The van der Waals surface area contributed by atoms with Gasteiger partial charge in [-0.3, -0.25) is 4.79 Å². The van der Waals surface area contributed by atoms with Crippen molar-refractivity contribution in [2.24, 2.45) is 0 Å². The Morgan fingerprint density at radius 1 is 0.736 bits per heavy atom. The number of hydrogen-bond acceptors (Lipinski definition) is 10. The number of esters is 2. The molecule has 0 bridgehead atoms. The third-order valence-corrected chi connectivity index (χ3v) is 8.74. The molecule has 0 saturated carbocycles. The second-order valence-corrected chi connectivity index (χ2v) is 12.3. The summed E-state index contributed by atoms with van der Waals surface area (Å²) in [7, 11) is 2.46. The summed E-state index contributed by atoms with van der Waals surface area (Å²) in [6.45, 7) is 2.01. The maximum atomic E-state index is 13.1. The highest BCUT2D eigenvalue weighted by Gasteiger charge is 2.30. The van der Waals surface area contributed by atoms with Crippen molar-refractivity contribution < 1.29 is 42.9 Å². The molecule has 0 spiro atoms. The fraction of sp³-hybridized carbons (Fsp3) is 0.275. The van der Waals surface area contributed by atoms with Crippen LogP contribution in [-0.4, -0.2) is 69.5 Å². The van der Waals surface area contributed by atoms with Crippen molar-refractivity contribution in [3.05, 3.63) is 119 Å². The van der Waals surface area contributed by atoms with Crippen molar-refractivity contribution in [2.45, 2.75) is 44.4 Å². The standard InChI is InChI=1S/C40H42N4O9/c1-25(42-39(48)53-24-33-30-16-9-7-14-28(30)29-15-8-10-17-31(29)33)36(45)43-34-20-19-27(22-32(34)37(46)50-2)41-21-11-18-35(38(47)51-3)44-40(49)52-23-26-12-5-4-6-13-26/h4-10,12-17,19-20,22,25,33,35,41H,11,18,21,23-24H2,1-3H3,(H,42,48)(H,43,45)(H,44,49)/t25-,35-/m0/s1. The maximum absolute atomic E-state index is 13.1. The van der Waals surface area contributed by atoms with Gasteiger partial charge in [0, 0.05) is 18.2 Å². The molecule has 0 aliphatic heterocycles. The molecule has 4 aromatic carbocycles. The minimum absolute atomic E-state index is 0.0507. The lowest BCUT2D eigenvalue weighted by Crippen LogP contribution is -2.42. The quantitative estimate of drug-likeness (QED) is 0.0649. The Balaban J connectivity index is 1.11. The molecule has 0 saturated heterocycles. The lowest BCUT2D eigenvalue weighted by Gasteiger charge is -2.18. The third-order valence-electron chi connectivity index (χ3n) is 8.74. The van der Waals surface area contributed by atoms with E-state index < -0.39 is 42.1 Å². The zero-order valence-electron chi connectivity index (χ0n) is 29.7. The first-order valence-electron chi connectivity index (χ1n) is 17.1. The van der Waals surface area contributed by atoms with E-state index in [1.807, 2.05) is 78.9 Å². The number of amides is 3. The van der Waals surface area contributed by atoms with Crippen molar-refractivity contribution >= 4 is 41.4 Å². The van der Waals surface area contributed by atoms with Gasteiger partial charge in [0.05, 0.1) is 25.5 Å². The van der Waals surface area contributed by atoms with E-state index >= 15 is 0 Å². The normalized spacial score (nSPS) is 12.6. The predicted molar refractivity (Wildman–Crippen MR) is 197 cm³/mol. The van der Waals surface area contributed by atoms with Crippen molar-refractivity contribution in [3.8, 4) is 11.1 Å². The van der Waals surface area contributed by atoms with Crippen molar-refractivity contribution in [1.29, 1.82) is 0 Å². The first-order chi connectivity index (χ1) is 25.7. The molecule has 0 radical (unpaired) electrons. The molecule has 0 aromatic heterocycles. The Kier molecular flexibility index (Phi) is 13.0. The van der Waals surface area contributed by atoms with E-state index in [1.54, 1.807) is 6.07 Å². The number of alkyl carbamates (subject to hydrolysis) is 2. The summed E-state index contributed by atoms with van der Waals surface area (Å²) in [5, 5.41) is 10.9.